The van der Waals surface area contributed by atoms with Crippen LogP contribution >= 0.6 is 7.60 Å². The van der Waals surface area contributed by atoms with Crippen LogP contribution in [0.15, 0.2) is 24.3 Å². The van der Waals surface area contributed by atoms with Crippen LogP contribution < -0.4 is 0 Å². The summed E-state index contributed by atoms with van der Waals surface area (Å²) in [7, 11) is -3.18. The summed E-state index contributed by atoms with van der Waals surface area (Å²) < 4.78 is 23.1. The van der Waals surface area contributed by atoms with Crippen LogP contribution in [0.1, 0.15) is 49.5 Å². The van der Waals surface area contributed by atoms with Crippen molar-refractivity contribution >= 4 is 13.4 Å². The first-order chi connectivity index (χ1) is 9.56. The molecule has 0 spiro atoms. The average molecular weight is 298 g/mol. The van der Waals surface area contributed by atoms with Crippen molar-refractivity contribution in [2.24, 2.45) is 0 Å². The van der Waals surface area contributed by atoms with Gasteiger partial charge in [-0.1, -0.05) is 31.2 Å². The number of ketones is 1. The highest BCUT2D eigenvalue weighted by molar-refractivity contribution is 7.53. The van der Waals surface area contributed by atoms with E-state index in [-0.39, 0.29) is 11.9 Å². The molecule has 20 heavy (non-hydrogen) atoms. The van der Waals surface area contributed by atoms with Crippen molar-refractivity contribution in [3.05, 3.63) is 35.4 Å². The van der Waals surface area contributed by atoms with E-state index in [0.29, 0.717) is 25.2 Å². The van der Waals surface area contributed by atoms with Gasteiger partial charge in [-0.2, -0.15) is 0 Å². The Balaban J connectivity index is 3.01. The highest BCUT2D eigenvalue weighted by Crippen LogP contribution is 2.51. The van der Waals surface area contributed by atoms with Crippen LogP contribution in [-0.2, 0) is 19.8 Å². The quantitative estimate of drug-likeness (QED) is 0.499. The molecule has 0 aliphatic heterocycles. The summed E-state index contributed by atoms with van der Waals surface area (Å²) in [6.45, 7) is 6.16. The second-order valence-electron chi connectivity index (χ2n) is 4.43. The van der Waals surface area contributed by atoms with Gasteiger partial charge in [0.05, 0.1) is 19.4 Å². The minimum Gasteiger partial charge on any atom is -0.309 e. The van der Waals surface area contributed by atoms with Crippen molar-refractivity contribution < 1.29 is 18.4 Å². The first-order valence-electron chi connectivity index (χ1n) is 7.05. The van der Waals surface area contributed by atoms with Gasteiger partial charge >= 0.3 is 7.60 Å². The highest BCUT2D eigenvalue weighted by Gasteiger charge is 2.26. The fraction of sp³-hybridized carbons (Fsp3) is 0.533. The molecular weight excluding hydrogens is 275 g/mol. The Labute approximate surface area is 121 Å². The predicted octanol–water partition coefficient (Wildman–Crippen LogP) is 4.44. The summed E-state index contributed by atoms with van der Waals surface area (Å²) in [5.41, 5.74) is 1.35. The largest absolute Gasteiger partial charge is 0.335 e. The molecule has 112 valence electrons. The van der Waals surface area contributed by atoms with E-state index in [2.05, 4.69) is 0 Å². The number of carbonyl (C=O) groups excluding carboxylic acids is 1. The topological polar surface area (TPSA) is 52.6 Å². The first kappa shape index (κ1) is 17.1. The van der Waals surface area contributed by atoms with Gasteiger partial charge in [0.2, 0.25) is 0 Å². The van der Waals surface area contributed by atoms with Gasteiger partial charge < -0.3 is 9.05 Å². The molecule has 0 fully saturated rings. The van der Waals surface area contributed by atoms with E-state index in [4.69, 9.17) is 9.05 Å². The van der Waals surface area contributed by atoms with Crippen molar-refractivity contribution in [1.82, 2.24) is 0 Å². The van der Waals surface area contributed by atoms with E-state index < -0.39 is 7.60 Å². The van der Waals surface area contributed by atoms with Crippen LogP contribution in [0.25, 0.3) is 0 Å². The van der Waals surface area contributed by atoms with Gasteiger partial charge in [0.15, 0.2) is 5.78 Å². The number of rotatable bonds is 9. The van der Waals surface area contributed by atoms with Crippen LogP contribution in [0.5, 0.6) is 0 Å². The number of hydrogen-bond acceptors (Lipinski definition) is 4. The Kier molecular flexibility index (Phi) is 7.14. The normalized spacial score (nSPS) is 11.6. The van der Waals surface area contributed by atoms with Crippen molar-refractivity contribution in [2.45, 2.75) is 39.8 Å². The van der Waals surface area contributed by atoms with E-state index >= 15 is 0 Å². The molecule has 0 radical (unpaired) electrons. The zero-order valence-corrected chi connectivity index (χ0v) is 13.3. The standard InChI is InChI=1S/C15H23O4P/c1-4-9-15(16)14-11-8-7-10-13(14)12-20(17,18-5-2)19-6-3/h7-8,10-11H,4-6,9,12H2,1-3H3. The summed E-state index contributed by atoms with van der Waals surface area (Å²) in [6, 6.07) is 7.24. The Bertz CT molecular complexity index is 475. The van der Waals surface area contributed by atoms with Crippen LogP contribution in [0.3, 0.4) is 0 Å². The van der Waals surface area contributed by atoms with Crippen molar-refractivity contribution in [3.8, 4) is 0 Å². The molecule has 0 atom stereocenters. The molecule has 1 aromatic carbocycles. The number of hydrogen-bond donors (Lipinski definition) is 0. The smallest absolute Gasteiger partial charge is 0.309 e. The SMILES string of the molecule is CCCC(=O)c1ccccc1CP(=O)(OCC)OCC. The third-order valence-electron chi connectivity index (χ3n) is 2.81. The number of benzene rings is 1. The van der Waals surface area contributed by atoms with Crippen molar-refractivity contribution in [1.29, 1.82) is 0 Å². The molecule has 0 unspecified atom stereocenters. The van der Waals surface area contributed by atoms with E-state index in [9.17, 15) is 9.36 Å². The zero-order chi connectivity index (χ0) is 15.0. The molecule has 4 nitrogen and oxygen atoms in total. The van der Waals surface area contributed by atoms with E-state index in [1.807, 2.05) is 25.1 Å². The lowest BCUT2D eigenvalue weighted by Gasteiger charge is -2.18. The van der Waals surface area contributed by atoms with Gasteiger partial charge in [-0.05, 0) is 25.8 Å². The number of Topliss-reactive ketones (excluding diaryl/α,β-unsaturated/α-hetero) is 1. The molecule has 0 aliphatic carbocycles. The van der Waals surface area contributed by atoms with E-state index in [1.165, 1.54) is 0 Å². The molecule has 1 rings (SSSR count). The molecule has 0 bridgehead atoms. The second-order valence-corrected chi connectivity index (χ2v) is 6.49. The minimum absolute atomic E-state index is 0.0719. The lowest BCUT2D eigenvalue weighted by atomic mass is 10.0. The molecule has 0 aromatic heterocycles. The molecule has 0 amide bonds. The van der Waals surface area contributed by atoms with E-state index in [1.54, 1.807) is 19.9 Å². The van der Waals surface area contributed by atoms with Crippen LogP contribution in [-0.4, -0.2) is 19.0 Å². The third-order valence-corrected chi connectivity index (χ3v) is 4.84. The Hall–Kier alpha value is -0.960. The van der Waals surface area contributed by atoms with Crippen LogP contribution in [0.2, 0.25) is 0 Å². The fourth-order valence-corrected chi connectivity index (χ4v) is 3.76. The van der Waals surface area contributed by atoms with Crippen LogP contribution in [0, 0.1) is 0 Å². The maximum absolute atomic E-state index is 12.6. The summed E-state index contributed by atoms with van der Waals surface area (Å²) >= 11 is 0. The summed E-state index contributed by atoms with van der Waals surface area (Å²) in [5.74, 6) is 0.0719. The molecule has 0 saturated heterocycles. The molecule has 0 aliphatic rings. The molecular formula is C15H23O4P. The fourth-order valence-electron chi connectivity index (χ4n) is 2.02. The predicted molar refractivity (Wildman–Crippen MR) is 80.2 cm³/mol. The lowest BCUT2D eigenvalue weighted by Crippen LogP contribution is -2.06. The first-order valence-corrected chi connectivity index (χ1v) is 8.78. The van der Waals surface area contributed by atoms with Gasteiger partial charge in [-0.15, -0.1) is 0 Å². The highest BCUT2D eigenvalue weighted by atomic mass is 31.2. The van der Waals surface area contributed by atoms with Gasteiger partial charge in [-0.3, -0.25) is 9.36 Å². The second kappa shape index (κ2) is 8.35. The molecule has 0 N–H and O–H groups in total. The monoisotopic (exact) mass is 298 g/mol. The molecule has 1 aromatic rings. The summed E-state index contributed by atoms with van der Waals surface area (Å²) in [5, 5.41) is 0. The Morgan fingerprint density at radius 3 is 2.25 bits per heavy atom. The van der Waals surface area contributed by atoms with Crippen molar-refractivity contribution in [3.63, 3.8) is 0 Å². The summed E-state index contributed by atoms with van der Waals surface area (Å²) in [6.07, 6.45) is 1.42. The molecule has 0 heterocycles. The minimum atomic E-state index is -3.18. The summed E-state index contributed by atoms with van der Waals surface area (Å²) in [4.78, 5) is 12.1. The number of carbonyl (C=O) groups is 1. The van der Waals surface area contributed by atoms with Crippen LogP contribution in [0.4, 0.5) is 0 Å². The van der Waals surface area contributed by atoms with Gasteiger partial charge in [-0.25, -0.2) is 0 Å². The Morgan fingerprint density at radius 2 is 1.70 bits per heavy atom. The van der Waals surface area contributed by atoms with Gasteiger partial charge in [0.25, 0.3) is 0 Å². The van der Waals surface area contributed by atoms with Gasteiger partial charge in [0.1, 0.15) is 0 Å². The van der Waals surface area contributed by atoms with Gasteiger partial charge in [0, 0.05) is 12.0 Å². The van der Waals surface area contributed by atoms with Crippen molar-refractivity contribution in [2.75, 3.05) is 13.2 Å². The molecule has 0 saturated carbocycles. The third kappa shape index (κ3) is 4.86. The maximum Gasteiger partial charge on any atom is 0.335 e. The maximum atomic E-state index is 12.6. The van der Waals surface area contributed by atoms with E-state index in [0.717, 1.165) is 12.0 Å². The Morgan fingerprint density at radius 1 is 1.10 bits per heavy atom. The molecule has 5 heteroatoms. The zero-order valence-electron chi connectivity index (χ0n) is 12.4. The lowest BCUT2D eigenvalue weighted by molar-refractivity contribution is 0.0981. The average Bonchev–Trinajstić information content (AvgIpc) is 2.40.